The number of nitrogens with zero attached hydrogens (tertiary/aromatic N) is 1. The van der Waals surface area contributed by atoms with Gasteiger partial charge in [-0.2, -0.15) is 0 Å². The minimum atomic E-state index is 0.921. The van der Waals surface area contributed by atoms with Crippen molar-refractivity contribution in [3.63, 3.8) is 0 Å². The molecule has 1 nitrogen and oxygen atoms in total. The van der Waals surface area contributed by atoms with Crippen molar-refractivity contribution in [2.75, 3.05) is 0 Å². The molecule has 1 heteroatoms. The third-order valence-electron chi connectivity index (χ3n) is 1.89. The molecule has 62 valence electrons. The Morgan fingerprint density at radius 2 is 2.17 bits per heavy atom. The fourth-order valence-corrected chi connectivity index (χ4v) is 1.24. The lowest BCUT2D eigenvalue weighted by Crippen LogP contribution is -1.92. The van der Waals surface area contributed by atoms with E-state index in [4.69, 9.17) is 0 Å². The summed E-state index contributed by atoms with van der Waals surface area (Å²) in [5, 5.41) is 0. The predicted molar refractivity (Wildman–Crippen MR) is 53.8 cm³/mol. The van der Waals surface area contributed by atoms with Crippen molar-refractivity contribution in [1.29, 1.82) is 0 Å². The second-order valence-electron chi connectivity index (χ2n) is 2.53. The van der Waals surface area contributed by atoms with E-state index in [1.165, 1.54) is 5.56 Å². The van der Waals surface area contributed by atoms with Crippen molar-refractivity contribution in [2.24, 2.45) is 0 Å². The van der Waals surface area contributed by atoms with Gasteiger partial charge >= 0.3 is 0 Å². The molecule has 0 aromatic carbocycles. The molecule has 0 spiro atoms. The highest BCUT2D eigenvalue weighted by Gasteiger charge is 2.00. The summed E-state index contributed by atoms with van der Waals surface area (Å²) in [5.41, 5.74) is 3.30. The molecule has 0 aliphatic heterocycles. The molecular weight excluding hydrogens is 146 g/mol. The van der Waals surface area contributed by atoms with Crippen LogP contribution in [0.3, 0.4) is 0 Å². The minimum Gasteiger partial charge on any atom is -0.256 e. The molecule has 1 aromatic rings. The Balaban J connectivity index is 3.31. The average molecular weight is 159 g/mol. The molecule has 0 saturated carbocycles. The highest BCUT2D eigenvalue weighted by atomic mass is 14.7. The molecule has 0 radical (unpaired) electrons. The van der Waals surface area contributed by atoms with Crippen LogP contribution in [-0.2, 0) is 6.42 Å². The number of aryl methyl sites for hydroxylation is 1. The second-order valence-corrected chi connectivity index (χ2v) is 2.53. The Morgan fingerprint density at radius 3 is 2.67 bits per heavy atom. The average Bonchev–Trinajstić information content (AvgIpc) is 2.16. The minimum absolute atomic E-state index is 0.921. The number of aromatic nitrogens is 1. The number of hydrogen-bond donors (Lipinski definition) is 0. The van der Waals surface area contributed by atoms with E-state index < -0.39 is 0 Å². The van der Waals surface area contributed by atoms with E-state index in [0.29, 0.717) is 0 Å². The van der Waals surface area contributed by atoms with Crippen LogP contribution in [0.15, 0.2) is 25.4 Å². The van der Waals surface area contributed by atoms with Crippen LogP contribution in [0.4, 0.5) is 0 Å². The standard InChI is InChI=1S/C11H13N/c1-4-9-7-8-12-11(6-3)10(9)5-2/h5-8H,2-4H2,1H3. The maximum atomic E-state index is 4.19. The van der Waals surface area contributed by atoms with Crippen LogP contribution in [-0.4, -0.2) is 4.98 Å². The van der Waals surface area contributed by atoms with E-state index in [2.05, 4.69) is 25.1 Å². The second kappa shape index (κ2) is 3.86. The van der Waals surface area contributed by atoms with E-state index in [0.717, 1.165) is 17.7 Å². The first-order valence-electron chi connectivity index (χ1n) is 4.06. The molecule has 0 aliphatic carbocycles. The smallest absolute Gasteiger partial charge is 0.0698 e. The highest BCUT2D eigenvalue weighted by molar-refractivity contribution is 5.63. The van der Waals surface area contributed by atoms with Crippen molar-refractivity contribution in [1.82, 2.24) is 4.98 Å². The summed E-state index contributed by atoms with van der Waals surface area (Å²) in [6, 6.07) is 2.02. The Morgan fingerprint density at radius 1 is 1.42 bits per heavy atom. The lowest BCUT2D eigenvalue weighted by Gasteiger charge is -2.04. The van der Waals surface area contributed by atoms with Crippen LogP contribution in [0.2, 0.25) is 0 Å². The number of pyridine rings is 1. The molecule has 1 aromatic heterocycles. The first-order valence-corrected chi connectivity index (χ1v) is 4.06. The lowest BCUT2D eigenvalue weighted by atomic mass is 10.0. The van der Waals surface area contributed by atoms with Gasteiger partial charge in [0.05, 0.1) is 5.69 Å². The third kappa shape index (κ3) is 1.45. The van der Waals surface area contributed by atoms with Crippen molar-refractivity contribution >= 4 is 12.2 Å². The highest BCUT2D eigenvalue weighted by Crippen LogP contribution is 2.15. The van der Waals surface area contributed by atoms with Crippen molar-refractivity contribution in [3.05, 3.63) is 42.2 Å². The molecule has 0 fully saturated rings. The van der Waals surface area contributed by atoms with Gasteiger partial charge in [0.15, 0.2) is 0 Å². The summed E-state index contributed by atoms with van der Waals surface area (Å²) >= 11 is 0. The molecule has 0 amide bonds. The molecule has 0 atom stereocenters. The zero-order valence-electron chi connectivity index (χ0n) is 7.38. The third-order valence-corrected chi connectivity index (χ3v) is 1.89. The fraction of sp³-hybridized carbons (Fsp3) is 0.182. The van der Waals surface area contributed by atoms with Crippen LogP contribution < -0.4 is 0 Å². The van der Waals surface area contributed by atoms with Crippen LogP contribution in [0.25, 0.3) is 12.2 Å². The SMILES string of the molecule is C=Cc1nccc(CC)c1C=C. The van der Waals surface area contributed by atoms with Gasteiger partial charge in [0.25, 0.3) is 0 Å². The zero-order valence-corrected chi connectivity index (χ0v) is 7.38. The molecule has 1 heterocycles. The van der Waals surface area contributed by atoms with Crippen LogP contribution >= 0.6 is 0 Å². The maximum absolute atomic E-state index is 4.19. The number of hydrogen-bond acceptors (Lipinski definition) is 1. The fourth-order valence-electron chi connectivity index (χ4n) is 1.24. The topological polar surface area (TPSA) is 12.9 Å². The first kappa shape index (κ1) is 8.72. The van der Waals surface area contributed by atoms with Gasteiger partial charge in [-0.1, -0.05) is 26.2 Å². The van der Waals surface area contributed by atoms with Gasteiger partial charge in [0.1, 0.15) is 0 Å². The molecule has 0 bridgehead atoms. The molecule has 1 rings (SSSR count). The lowest BCUT2D eigenvalue weighted by molar-refractivity contribution is 1.10. The van der Waals surface area contributed by atoms with Gasteiger partial charge in [-0.15, -0.1) is 0 Å². The van der Waals surface area contributed by atoms with E-state index in [1.54, 1.807) is 6.08 Å². The number of rotatable bonds is 3. The first-order chi connectivity index (χ1) is 5.83. The van der Waals surface area contributed by atoms with Gasteiger partial charge in [-0.3, -0.25) is 4.98 Å². The summed E-state index contributed by atoms with van der Waals surface area (Å²) in [6.07, 6.45) is 6.41. The normalized spacial score (nSPS) is 9.42. The summed E-state index contributed by atoms with van der Waals surface area (Å²) in [7, 11) is 0. The van der Waals surface area contributed by atoms with Crippen molar-refractivity contribution < 1.29 is 0 Å². The molecule has 12 heavy (non-hydrogen) atoms. The summed E-state index contributed by atoms with van der Waals surface area (Å²) in [4.78, 5) is 4.19. The van der Waals surface area contributed by atoms with E-state index >= 15 is 0 Å². The summed E-state index contributed by atoms with van der Waals surface area (Å²) in [5.74, 6) is 0. The van der Waals surface area contributed by atoms with Crippen LogP contribution in [0, 0.1) is 0 Å². The summed E-state index contributed by atoms with van der Waals surface area (Å²) < 4.78 is 0. The largest absolute Gasteiger partial charge is 0.256 e. The van der Waals surface area contributed by atoms with Crippen molar-refractivity contribution in [2.45, 2.75) is 13.3 Å². The van der Waals surface area contributed by atoms with E-state index in [9.17, 15) is 0 Å². The Kier molecular flexibility index (Phi) is 2.81. The molecular formula is C11H13N. The van der Waals surface area contributed by atoms with E-state index in [-0.39, 0.29) is 0 Å². The molecule has 0 aliphatic rings. The van der Waals surface area contributed by atoms with Gasteiger partial charge in [0.2, 0.25) is 0 Å². The maximum Gasteiger partial charge on any atom is 0.0698 e. The molecule has 0 unspecified atom stereocenters. The van der Waals surface area contributed by atoms with Gasteiger partial charge in [-0.25, -0.2) is 0 Å². The van der Waals surface area contributed by atoms with Gasteiger partial charge in [-0.05, 0) is 24.1 Å². The Hall–Kier alpha value is -1.37. The predicted octanol–water partition coefficient (Wildman–Crippen LogP) is 2.93. The quantitative estimate of drug-likeness (QED) is 0.660. The summed E-state index contributed by atoms with van der Waals surface area (Å²) in [6.45, 7) is 9.59. The zero-order chi connectivity index (χ0) is 8.97. The van der Waals surface area contributed by atoms with Gasteiger partial charge < -0.3 is 0 Å². The van der Waals surface area contributed by atoms with Gasteiger partial charge in [0, 0.05) is 11.8 Å². The van der Waals surface area contributed by atoms with Crippen LogP contribution in [0.1, 0.15) is 23.7 Å². The van der Waals surface area contributed by atoms with Crippen LogP contribution in [0.5, 0.6) is 0 Å². The van der Waals surface area contributed by atoms with Crippen molar-refractivity contribution in [3.8, 4) is 0 Å². The molecule has 0 N–H and O–H groups in total. The Bertz CT molecular complexity index is 300. The molecule has 0 saturated heterocycles. The Labute approximate surface area is 73.5 Å². The van der Waals surface area contributed by atoms with E-state index in [1.807, 2.05) is 18.3 Å². The monoisotopic (exact) mass is 159 g/mol.